The highest BCUT2D eigenvalue weighted by atomic mass is 35.5. The zero-order chi connectivity index (χ0) is 35.5. The molecule has 0 spiro atoms. The number of carbonyl (C=O) groups excluding carboxylic acids is 1. The van der Waals surface area contributed by atoms with Crippen LogP contribution in [0.4, 0.5) is 0 Å². The minimum absolute atomic E-state index is 0.0305. The van der Waals surface area contributed by atoms with Gasteiger partial charge in [-0.15, -0.1) is 11.6 Å². The van der Waals surface area contributed by atoms with E-state index in [1.165, 1.54) is 44.9 Å². The fourth-order valence-electron chi connectivity index (χ4n) is 7.42. The number of esters is 1. The van der Waals surface area contributed by atoms with E-state index in [2.05, 4.69) is 32.1 Å². The van der Waals surface area contributed by atoms with Crippen molar-refractivity contribution in [2.75, 3.05) is 13.2 Å². The maximum absolute atomic E-state index is 12.4. The minimum Gasteiger partial charge on any atom is -0.494 e. The molecule has 1 aromatic carbocycles. The van der Waals surface area contributed by atoms with E-state index in [0.29, 0.717) is 43.6 Å². The Morgan fingerprint density at radius 3 is 2.41 bits per heavy atom. The van der Waals surface area contributed by atoms with Gasteiger partial charge in [-0.05, 0) is 92.9 Å². The highest BCUT2D eigenvalue weighted by molar-refractivity contribution is 6.21. The van der Waals surface area contributed by atoms with Crippen molar-refractivity contribution < 1.29 is 34.4 Å². The van der Waals surface area contributed by atoms with Crippen molar-refractivity contribution in [3.63, 3.8) is 0 Å². The van der Waals surface area contributed by atoms with Crippen molar-refractivity contribution in [2.45, 2.75) is 153 Å². The summed E-state index contributed by atoms with van der Waals surface area (Å²) in [5.74, 6) is -0.572. The number of allylic oxidation sites excluding steroid dienone is 2. The predicted octanol–water partition coefficient (Wildman–Crippen LogP) is 9.60. The summed E-state index contributed by atoms with van der Waals surface area (Å²) in [5, 5.41) is 30.9. The topological polar surface area (TPSA) is 113 Å². The number of hydrogen-bond donors (Lipinski definition) is 3. The first-order valence-corrected chi connectivity index (χ1v) is 19.6. The van der Waals surface area contributed by atoms with Gasteiger partial charge in [-0.3, -0.25) is 4.79 Å². The third-order valence-electron chi connectivity index (χ3n) is 10.9. The summed E-state index contributed by atoms with van der Waals surface area (Å²) < 4.78 is 11.3. The lowest BCUT2D eigenvalue weighted by Gasteiger charge is -2.45. The predicted molar refractivity (Wildman–Crippen MR) is 197 cm³/mol. The molecule has 3 rings (SSSR count). The lowest BCUT2D eigenvalue weighted by molar-refractivity contribution is -0.143. The molecule has 8 heteroatoms. The number of unbranched alkanes of at least 4 members (excludes halogenated alkanes) is 8. The summed E-state index contributed by atoms with van der Waals surface area (Å²) in [5.41, 5.74) is 0.863. The van der Waals surface area contributed by atoms with E-state index in [1.807, 2.05) is 6.08 Å². The lowest BCUT2D eigenvalue weighted by Crippen LogP contribution is -2.40. The first-order valence-electron chi connectivity index (χ1n) is 19.2. The third-order valence-corrected chi connectivity index (χ3v) is 11.4. The number of aliphatic hydroxyl groups excluding tert-OH is 2. The summed E-state index contributed by atoms with van der Waals surface area (Å²) in [6.07, 6.45) is 25.5. The van der Waals surface area contributed by atoms with E-state index in [0.717, 1.165) is 44.9 Å². The number of aliphatic hydroxyl groups is 2. The van der Waals surface area contributed by atoms with Crippen LogP contribution < -0.4 is 4.74 Å². The van der Waals surface area contributed by atoms with Crippen LogP contribution in [0.3, 0.4) is 0 Å². The Bertz CT molecular complexity index is 1170. The van der Waals surface area contributed by atoms with Crippen LogP contribution in [0.25, 0.3) is 0 Å². The highest BCUT2D eigenvalue weighted by Gasteiger charge is 2.42. The number of aromatic carboxylic acids is 1. The monoisotopic (exact) mass is 702 g/mol. The second kappa shape index (κ2) is 22.5. The van der Waals surface area contributed by atoms with Crippen LogP contribution in [-0.2, 0) is 16.0 Å². The van der Waals surface area contributed by atoms with Crippen LogP contribution in [0.5, 0.6) is 5.75 Å². The molecule has 0 heterocycles. The molecule has 49 heavy (non-hydrogen) atoms. The molecule has 0 amide bonds. The fraction of sp³-hybridized carbons (Fsp3) is 0.707. The van der Waals surface area contributed by atoms with Gasteiger partial charge in [0.05, 0.1) is 31.0 Å². The summed E-state index contributed by atoms with van der Waals surface area (Å²) in [6, 6.07) is 5.01. The second-order valence-electron chi connectivity index (χ2n) is 14.3. The molecule has 276 valence electrons. The van der Waals surface area contributed by atoms with Gasteiger partial charge in [-0.25, -0.2) is 4.79 Å². The molecule has 3 N–H and O–H groups in total. The number of alkyl halides is 1. The van der Waals surface area contributed by atoms with Crippen molar-refractivity contribution in [3.8, 4) is 5.75 Å². The van der Waals surface area contributed by atoms with Crippen molar-refractivity contribution in [1.82, 2.24) is 0 Å². The first-order chi connectivity index (χ1) is 23.7. The third kappa shape index (κ3) is 13.7. The first kappa shape index (κ1) is 41.1. The normalized spacial score (nSPS) is 22.4. The van der Waals surface area contributed by atoms with E-state index in [4.69, 9.17) is 21.1 Å². The molecule has 0 aromatic heterocycles. The van der Waals surface area contributed by atoms with Crippen LogP contribution in [0.15, 0.2) is 42.5 Å². The van der Waals surface area contributed by atoms with Crippen molar-refractivity contribution in [3.05, 3.63) is 53.6 Å². The number of ether oxygens (including phenoxy) is 2. The number of carboxylic acid groups (broad SMARTS) is 1. The average Bonchev–Trinajstić information content (AvgIpc) is 3.32. The molecule has 0 saturated heterocycles. The van der Waals surface area contributed by atoms with Gasteiger partial charge in [0.25, 0.3) is 0 Å². The molecule has 2 aliphatic carbocycles. The maximum Gasteiger partial charge on any atom is 0.335 e. The molecule has 1 aromatic rings. The summed E-state index contributed by atoms with van der Waals surface area (Å²) in [4.78, 5) is 24.1. The Labute approximate surface area is 300 Å². The average molecular weight is 703 g/mol. The van der Waals surface area contributed by atoms with Gasteiger partial charge in [0.15, 0.2) is 0 Å². The van der Waals surface area contributed by atoms with Gasteiger partial charge in [0, 0.05) is 24.1 Å². The number of carboxylic acids is 1. The van der Waals surface area contributed by atoms with E-state index in [9.17, 15) is 24.9 Å². The van der Waals surface area contributed by atoms with Gasteiger partial charge < -0.3 is 24.8 Å². The molecular weight excluding hydrogens is 640 g/mol. The number of halogens is 1. The SMILES string of the molecule is CCCCCCCCCCOc1ccc(C(=O)O)c(CCOC(=O)CCCC=CC[C@@H]2[C@@H](C=CC[C@H](O)C3(CC)CCC3)[C@H](O)C[C@H]2Cl)c1. The smallest absolute Gasteiger partial charge is 0.335 e. The van der Waals surface area contributed by atoms with Gasteiger partial charge >= 0.3 is 11.9 Å². The fourth-order valence-corrected chi connectivity index (χ4v) is 7.87. The number of carbonyl (C=O) groups is 2. The zero-order valence-electron chi connectivity index (χ0n) is 30.1. The summed E-state index contributed by atoms with van der Waals surface area (Å²) in [7, 11) is 0. The van der Waals surface area contributed by atoms with Crippen LogP contribution in [0, 0.1) is 17.3 Å². The number of rotatable bonds is 25. The molecule has 0 unspecified atom stereocenters. The molecule has 2 aliphatic rings. The largest absolute Gasteiger partial charge is 0.494 e. The van der Waals surface area contributed by atoms with Crippen LogP contribution in [0.1, 0.15) is 145 Å². The zero-order valence-corrected chi connectivity index (χ0v) is 30.9. The molecule has 0 aliphatic heterocycles. The van der Waals surface area contributed by atoms with Crippen molar-refractivity contribution >= 4 is 23.5 Å². The molecule has 0 bridgehead atoms. The van der Waals surface area contributed by atoms with Gasteiger partial charge in [0.2, 0.25) is 0 Å². The molecular formula is C41H63ClO7. The Balaban J connectivity index is 1.33. The standard InChI is InChI=1S/C41H63ClO7/c1-3-5-6-7-8-9-12-15-27-48-32-22-23-33(40(46)47)31(29-32)24-28-49-39(45)21-14-11-10-13-18-34-35(37(43)30-36(34)42)19-16-20-38(44)41(4-2)25-17-26-41/h10,13,16,19,22-23,29,34-38,43-44H,3-9,11-12,14-15,17-18,20-21,24-28,30H2,1-2H3,(H,46,47)/t34-,35-,36-,37-,38+/m1/s1. The maximum atomic E-state index is 12.4. The summed E-state index contributed by atoms with van der Waals surface area (Å²) in [6.45, 7) is 5.10. The number of hydrogen-bond acceptors (Lipinski definition) is 6. The Morgan fingerprint density at radius 1 is 1.00 bits per heavy atom. The molecule has 2 fully saturated rings. The van der Waals surface area contributed by atoms with Gasteiger partial charge in [0.1, 0.15) is 5.75 Å². The van der Waals surface area contributed by atoms with E-state index < -0.39 is 12.1 Å². The van der Waals surface area contributed by atoms with Crippen molar-refractivity contribution in [2.24, 2.45) is 17.3 Å². The molecule has 2 saturated carbocycles. The van der Waals surface area contributed by atoms with Crippen LogP contribution in [0.2, 0.25) is 0 Å². The van der Waals surface area contributed by atoms with Gasteiger partial charge in [-0.1, -0.05) is 89.5 Å². The quantitative estimate of drug-likeness (QED) is 0.0402. The van der Waals surface area contributed by atoms with E-state index in [-0.39, 0.29) is 53.3 Å². The minimum atomic E-state index is -1.01. The van der Waals surface area contributed by atoms with Crippen LogP contribution in [-0.4, -0.2) is 58.1 Å². The van der Waals surface area contributed by atoms with E-state index in [1.54, 1.807) is 18.2 Å². The second-order valence-corrected chi connectivity index (χ2v) is 14.9. The molecule has 7 nitrogen and oxygen atoms in total. The Kier molecular flexibility index (Phi) is 18.8. The Hall–Kier alpha value is -2.35. The van der Waals surface area contributed by atoms with Gasteiger partial charge in [-0.2, -0.15) is 0 Å². The summed E-state index contributed by atoms with van der Waals surface area (Å²) >= 11 is 6.62. The lowest BCUT2D eigenvalue weighted by atomic mass is 9.63. The van der Waals surface area contributed by atoms with Crippen molar-refractivity contribution in [1.29, 1.82) is 0 Å². The number of benzene rings is 1. The highest BCUT2D eigenvalue weighted by Crippen LogP contribution is 2.48. The molecule has 0 radical (unpaired) electrons. The Morgan fingerprint density at radius 2 is 1.73 bits per heavy atom. The van der Waals surface area contributed by atoms with E-state index >= 15 is 0 Å². The van der Waals surface area contributed by atoms with Crippen LogP contribution >= 0.6 is 11.6 Å². The molecule has 5 atom stereocenters.